The minimum atomic E-state index is -4.40. The lowest BCUT2D eigenvalue weighted by molar-refractivity contribution is -0.0328. The van der Waals surface area contributed by atoms with E-state index in [4.69, 9.17) is 0 Å². The molecule has 156 valence electrons. The number of H-pyrrole nitrogens is 1. The molecule has 0 amide bonds. The number of halogens is 3. The molecule has 1 N–H and O–H groups in total. The summed E-state index contributed by atoms with van der Waals surface area (Å²) in [7, 11) is 0. The van der Waals surface area contributed by atoms with E-state index in [1.165, 1.54) is 15.6 Å². The number of thioether (sulfide) groups is 1. The second-order valence-electron chi connectivity index (χ2n) is 6.72. The molecule has 0 spiro atoms. The molecule has 0 aromatic carbocycles. The summed E-state index contributed by atoms with van der Waals surface area (Å²) in [5, 5.41) is 4.21. The largest absolute Gasteiger partial charge is 0.441 e. The van der Waals surface area contributed by atoms with Crippen LogP contribution in [0.3, 0.4) is 0 Å². The Hall–Kier alpha value is -2.28. The van der Waals surface area contributed by atoms with Crippen molar-refractivity contribution in [2.24, 2.45) is 0 Å². The Morgan fingerprint density at radius 2 is 2.03 bits per heavy atom. The first-order valence-corrected chi connectivity index (χ1v) is 10.6. The van der Waals surface area contributed by atoms with Crippen LogP contribution in [0.1, 0.15) is 29.3 Å². The van der Waals surface area contributed by atoms with E-state index in [1.54, 1.807) is 6.92 Å². The molecule has 3 heterocycles. The highest BCUT2D eigenvalue weighted by molar-refractivity contribution is 8.00. The molecule has 13 heteroatoms. The van der Waals surface area contributed by atoms with Crippen LogP contribution in [0.5, 0.6) is 0 Å². The van der Waals surface area contributed by atoms with E-state index in [0.29, 0.717) is 33.5 Å². The number of thiophene rings is 1. The lowest BCUT2D eigenvalue weighted by atomic mass is 10.2. The minimum Gasteiger partial charge on any atom is -0.295 e. The van der Waals surface area contributed by atoms with Gasteiger partial charge in [0.05, 0.1) is 11.9 Å². The fourth-order valence-corrected chi connectivity index (χ4v) is 5.00. The van der Waals surface area contributed by atoms with Gasteiger partial charge >= 0.3 is 16.9 Å². The van der Waals surface area contributed by atoms with Crippen LogP contribution in [0, 0.1) is 6.92 Å². The molecular weight excluding hydrogens is 431 g/mol. The summed E-state index contributed by atoms with van der Waals surface area (Å²) >= 11 is 0.924. The van der Waals surface area contributed by atoms with Crippen LogP contribution in [0.4, 0.5) is 13.2 Å². The first kappa shape index (κ1) is 20.0. The Morgan fingerprint density at radius 3 is 2.62 bits per heavy atom. The molecule has 0 atom stereocenters. The van der Waals surface area contributed by atoms with Crippen LogP contribution in [-0.4, -0.2) is 35.2 Å². The zero-order valence-electron chi connectivity index (χ0n) is 15.2. The lowest BCUT2D eigenvalue weighted by Crippen LogP contribution is -2.39. The topological polar surface area (TPSA) is 94.7 Å². The van der Waals surface area contributed by atoms with Gasteiger partial charge in [0.2, 0.25) is 0 Å². The number of alkyl halides is 3. The first-order valence-electron chi connectivity index (χ1n) is 8.76. The summed E-state index contributed by atoms with van der Waals surface area (Å²) in [5.41, 5.74) is -5.22. The van der Waals surface area contributed by atoms with Gasteiger partial charge in [-0.05, 0) is 37.1 Å². The Labute approximate surface area is 169 Å². The molecule has 1 aliphatic rings. The highest BCUT2D eigenvalue weighted by atomic mass is 32.2. The van der Waals surface area contributed by atoms with Crippen LogP contribution < -0.4 is 16.9 Å². The van der Waals surface area contributed by atoms with E-state index in [0.717, 1.165) is 15.9 Å². The first-order chi connectivity index (χ1) is 13.7. The number of nitrogens with zero attached hydrogens (tertiary/aromatic N) is 4. The van der Waals surface area contributed by atoms with Crippen molar-refractivity contribution in [1.82, 2.24) is 23.9 Å². The smallest absolute Gasteiger partial charge is 0.295 e. The van der Waals surface area contributed by atoms with Gasteiger partial charge in [-0.1, -0.05) is 0 Å². The standard InChI is InChI=1S/C16H16F3N5O3S2/c1-8-10(6-23-14(26)20-7-21-23)29-13-11(8)12(25)24(9-2-3-9)15(27)22(13)4-5-28-16(17,18)19/h7,9H,2-6H2,1H3,(H,20,21,26). The summed E-state index contributed by atoms with van der Waals surface area (Å²) in [4.78, 5) is 41.0. The van der Waals surface area contributed by atoms with E-state index < -0.39 is 22.4 Å². The summed E-state index contributed by atoms with van der Waals surface area (Å²) in [6.07, 6.45) is 2.63. The van der Waals surface area contributed by atoms with Crippen LogP contribution >= 0.6 is 23.1 Å². The molecule has 0 aliphatic heterocycles. The van der Waals surface area contributed by atoms with Crippen molar-refractivity contribution < 1.29 is 13.2 Å². The molecule has 1 aliphatic carbocycles. The monoisotopic (exact) mass is 447 g/mol. The summed E-state index contributed by atoms with van der Waals surface area (Å²) < 4.78 is 41.2. The van der Waals surface area contributed by atoms with Gasteiger partial charge < -0.3 is 0 Å². The molecule has 0 unspecified atom stereocenters. The predicted octanol–water partition coefficient (Wildman–Crippen LogP) is 2.05. The maximum absolute atomic E-state index is 13.0. The van der Waals surface area contributed by atoms with Gasteiger partial charge in [0.15, 0.2) is 0 Å². The van der Waals surface area contributed by atoms with Crippen LogP contribution in [0.15, 0.2) is 20.7 Å². The SMILES string of the molecule is Cc1c(Cn2nc[nH]c2=O)sc2c1c(=O)n(C1CC1)c(=O)n2CCSC(F)(F)F. The number of hydrogen-bond donors (Lipinski definition) is 1. The third-order valence-corrected chi connectivity index (χ3v) is 6.76. The Balaban J connectivity index is 1.84. The number of aryl methyl sites for hydroxylation is 2. The molecule has 0 radical (unpaired) electrons. The quantitative estimate of drug-likeness (QED) is 0.624. The van der Waals surface area contributed by atoms with E-state index in [1.807, 2.05) is 0 Å². The van der Waals surface area contributed by atoms with Crippen molar-refractivity contribution in [3.63, 3.8) is 0 Å². The van der Waals surface area contributed by atoms with Gasteiger partial charge in [0.1, 0.15) is 11.2 Å². The molecule has 3 aromatic heterocycles. The summed E-state index contributed by atoms with van der Waals surface area (Å²) in [6.45, 7) is 1.64. The molecule has 29 heavy (non-hydrogen) atoms. The minimum absolute atomic E-state index is 0.0991. The van der Waals surface area contributed by atoms with Crippen molar-refractivity contribution >= 4 is 33.3 Å². The number of rotatable bonds is 6. The van der Waals surface area contributed by atoms with Crippen molar-refractivity contribution in [3.05, 3.63) is 48.1 Å². The average Bonchev–Trinajstić information content (AvgIpc) is 3.30. The summed E-state index contributed by atoms with van der Waals surface area (Å²) in [6, 6.07) is -0.211. The molecular formula is C16H16F3N5O3S2. The van der Waals surface area contributed by atoms with Gasteiger partial charge in [-0.3, -0.25) is 18.9 Å². The second kappa shape index (κ2) is 7.20. The van der Waals surface area contributed by atoms with Crippen LogP contribution in [0.25, 0.3) is 10.2 Å². The third kappa shape index (κ3) is 3.80. The van der Waals surface area contributed by atoms with E-state index in [9.17, 15) is 27.6 Å². The van der Waals surface area contributed by atoms with Gasteiger partial charge in [-0.2, -0.15) is 18.3 Å². The van der Waals surface area contributed by atoms with Crippen molar-refractivity contribution in [2.45, 2.75) is 44.4 Å². The number of aromatic nitrogens is 5. The molecule has 8 nitrogen and oxygen atoms in total. The van der Waals surface area contributed by atoms with E-state index in [2.05, 4.69) is 10.1 Å². The van der Waals surface area contributed by atoms with Gasteiger partial charge in [0.25, 0.3) is 5.56 Å². The second-order valence-corrected chi connectivity index (χ2v) is 8.96. The molecule has 3 aromatic rings. The Morgan fingerprint density at radius 1 is 1.31 bits per heavy atom. The van der Waals surface area contributed by atoms with Crippen molar-refractivity contribution in [1.29, 1.82) is 0 Å². The van der Waals surface area contributed by atoms with Crippen LogP contribution in [0.2, 0.25) is 0 Å². The van der Waals surface area contributed by atoms with Crippen molar-refractivity contribution in [3.8, 4) is 0 Å². The molecule has 0 bridgehead atoms. The molecule has 1 saturated carbocycles. The number of aromatic amines is 1. The normalized spacial score (nSPS) is 14.8. The number of fused-ring (bicyclic) bond motifs is 1. The summed E-state index contributed by atoms with van der Waals surface area (Å²) in [5.74, 6) is -0.341. The van der Waals surface area contributed by atoms with Gasteiger partial charge in [-0.25, -0.2) is 14.3 Å². The maximum Gasteiger partial charge on any atom is 0.441 e. The zero-order valence-corrected chi connectivity index (χ0v) is 16.8. The fraction of sp³-hybridized carbons (Fsp3) is 0.500. The van der Waals surface area contributed by atoms with Crippen molar-refractivity contribution in [2.75, 3.05) is 5.75 Å². The third-order valence-electron chi connectivity index (χ3n) is 4.75. The van der Waals surface area contributed by atoms with Crippen LogP contribution in [-0.2, 0) is 13.1 Å². The zero-order chi connectivity index (χ0) is 20.9. The van der Waals surface area contributed by atoms with E-state index in [-0.39, 0.29) is 36.6 Å². The average molecular weight is 447 g/mol. The van der Waals surface area contributed by atoms with Gasteiger partial charge in [0, 0.05) is 23.2 Å². The Kier molecular flexibility index (Phi) is 4.97. The molecule has 4 rings (SSSR count). The highest BCUT2D eigenvalue weighted by Crippen LogP contribution is 2.35. The molecule has 0 saturated heterocycles. The predicted molar refractivity (Wildman–Crippen MR) is 104 cm³/mol. The molecule has 1 fully saturated rings. The maximum atomic E-state index is 13.0. The Bertz CT molecular complexity index is 1250. The van der Waals surface area contributed by atoms with Gasteiger partial charge in [-0.15, -0.1) is 11.3 Å². The number of hydrogen-bond acceptors (Lipinski definition) is 6. The highest BCUT2D eigenvalue weighted by Gasteiger charge is 2.31. The van der Waals surface area contributed by atoms with E-state index >= 15 is 0 Å². The number of nitrogens with one attached hydrogen (secondary N) is 1. The fourth-order valence-electron chi connectivity index (χ4n) is 3.20. The lowest BCUT2D eigenvalue weighted by Gasteiger charge is -2.12.